The number of hydrogen-bond acceptors (Lipinski definition) is 2. The summed E-state index contributed by atoms with van der Waals surface area (Å²) in [6, 6.07) is 1.00. The molecule has 0 fully saturated rings. The number of aryl methyl sites for hydroxylation is 1. The Morgan fingerprint density at radius 3 is 2.44 bits per heavy atom. The molecule has 1 N–H and O–H groups in total. The predicted molar refractivity (Wildman–Crippen MR) is 55.0 cm³/mol. The van der Waals surface area contributed by atoms with Gasteiger partial charge in [0.15, 0.2) is 5.65 Å². The average Bonchev–Trinajstić information content (AvgIpc) is 2.58. The Bertz CT molecular complexity index is 474. The molecule has 2 heterocycles. The van der Waals surface area contributed by atoms with Crippen LogP contribution < -0.4 is 0 Å². The molecule has 0 bridgehead atoms. The van der Waals surface area contributed by atoms with Gasteiger partial charge in [-0.15, -0.1) is 0 Å². The first-order valence-electron chi connectivity index (χ1n) is 4.86. The zero-order valence-corrected chi connectivity index (χ0v) is 9.18. The van der Waals surface area contributed by atoms with Gasteiger partial charge in [0.25, 0.3) is 0 Å². The highest BCUT2D eigenvalue weighted by molar-refractivity contribution is 5.71. The van der Waals surface area contributed by atoms with Gasteiger partial charge in [-0.25, -0.2) is 9.97 Å². The molecule has 0 atom stereocenters. The molecule has 0 amide bonds. The van der Waals surface area contributed by atoms with E-state index >= 15 is 0 Å². The molecule has 0 aliphatic carbocycles. The molecule has 0 aliphatic heterocycles. The number of fused-ring (bicyclic) bond motifs is 1. The number of alkyl halides is 3. The van der Waals surface area contributed by atoms with E-state index in [0.717, 1.165) is 12.3 Å². The summed E-state index contributed by atoms with van der Waals surface area (Å²) in [5.74, 6) is 0.548. The lowest BCUT2D eigenvalue weighted by atomic mass is 10.2. The zero-order valence-electron chi connectivity index (χ0n) is 9.18. The van der Waals surface area contributed by atoms with Crippen molar-refractivity contribution in [2.24, 2.45) is 0 Å². The summed E-state index contributed by atoms with van der Waals surface area (Å²) in [6.45, 7) is 5.66. The first-order chi connectivity index (χ1) is 7.47. The first-order valence-corrected chi connectivity index (χ1v) is 4.86. The van der Waals surface area contributed by atoms with Crippen LogP contribution in [0, 0.1) is 6.92 Å². The van der Waals surface area contributed by atoms with Gasteiger partial charge in [-0.05, 0) is 13.0 Å². The smallest absolute Gasteiger partial charge is 0.341 e. The summed E-state index contributed by atoms with van der Waals surface area (Å²) in [4.78, 5) is 10.2. The van der Waals surface area contributed by atoms with Crippen molar-refractivity contribution >= 4 is 11.2 Å². The number of nitrogens with zero attached hydrogens (tertiary/aromatic N) is 2. The third-order valence-corrected chi connectivity index (χ3v) is 1.78. The Morgan fingerprint density at radius 2 is 1.88 bits per heavy atom. The number of halogens is 3. The molecular formula is C10H12F3N3. The van der Waals surface area contributed by atoms with Crippen LogP contribution in [0.25, 0.3) is 11.2 Å². The molecule has 2 aromatic heterocycles. The van der Waals surface area contributed by atoms with Crippen molar-refractivity contribution in [3.8, 4) is 0 Å². The number of nitrogens with one attached hydrogen (secondary N) is 1. The second-order valence-corrected chi connectivity index (χ2v) is 2.92. The van der Waals surface area contributed by atoms with E-state index in [1.54, 1.807) is 6.92 Å². The predicted octanol–water partition coefficient (Wildman–Crippen LogP) is 3.31. The maximum Gasteiger partial charge on any atom is 0.417 e. The van der Waals surface area contributed by atoms with Crippen LogP contribution in [0.15, 0.2) is 12.3 Å². The van der Waals surface area contributed by atoms with E-state index in [2.05, 4.69) is 15.0 Å². The van der Waals surface area contributed by atoms with Crippen LogP contribution in [0.4, 0.5) is 13.2 Å². The van der Waals surface area contributed by atoms with E-state index in [9.17, 15) is 13.2 Å². The van der Waals surface area contributed by atoms with Crippen LogP contribution in [0.5, 0.6) is 0 Å². The quantitative estimate of drug-likeness (QED) is 0.755. The fourth-order valence-electron chi connectivity index (χ4n) is 1.18. The van der Waals surface area contributed by atoms with Crippen molar-refractivity contribution in [3.05, 3.63) is 23.7 Å². The molecule has 0 unspecified atom stereocenters. The number of rotatable bonds is 0. The minimum absolute atomic E-state index is 0.301. The number of aromatic nitrogens is 3. The monoisotopic (exact) mass is 231 g/mol. The largest absolute Gasteiger partial charge is 0.417 e. The van der Waals surface area contributed by atoms with Gasteiger partial charge in [0.05, 0.1) is 11.1 Å². The van der Waals surface area contributed by atoms with Gasteiger partial charge in [-0.3, -0.25) is 0 Å². The molecule has 0 aliphatic rings. The fourth-order valence-corrected chi connectivity index (χ4v) is 1.18. The number of H-pyrrole nitrogens is 1. The van der Waals surface area contributed by atoms with E-state index in [0.29, 0.717) is 17.0 Å². The molecule has 0 saturated heterocycles. The summed E-state index contributed by atoms with van der Waals surface area (Å²) < 4.78 is 36.7. The normalized spacial score (nSPS) is 11.1. The van der Waals surface area contributed by atoms with Crippen LogP contribution >= 0.6 is 0 Å². The molecule has 0 saturated carbocycles. The van der Waals surface area contributed by atoms with Gasteiger partial charge in [0, 0.05) is 6.20 Å². The lowest BCUT2D eigenvalue weighted by Crippen LogP contribution is -2.05. The molecule has 2 rings (SSSR count). The van der Waals surface area contributed by atoms with Crippen molar-refractivity contribution in [1.29, 1.82) is 0 Å². The zero-order chi connectivity index (χ0) is 12.3. The van der Waals surface area contributed by atoms with E-state index in [1.165, 1.54) is 0 Å². The van der Waals surface area contributed by atoms with Crippen molar-refractivity contribution in [2.75, 3.05) is 0 Å². The maximum atomic E-state index is 12.2. The van der Waals surface area contributed by atoms with Gasteiger partial charge in [-0.1, -0.05) is 13.8 Å². The number of pyridine rings is 1. The van der Waals surface area contributed by atoms with Crippen LogP contribution in [-0.4, -0.2) is 15.0 Å². The van der Waals surface area contributed by atoms with E-state index < -0.39 is 11.7 Å². The third-order valence-electron chi connectivity index (χ3n) is 1.78. The van der Waals surface area contributed by atoms with Crippen LogP contribution in [-0.2, 0) is 6.18 Å². The number of aromatic amines is 1. The van der Waals surface area contributed by atoms with E-state index in [-0.39, 0.29) is 0 Å². The molecule has 0 radical (unpaired) electrons. The van der Waals surface area contributed by atoms with Crippen molar-refractivity contribution < 1.29 is 13.2 Å². The van der Waals surface area contributed by atoms with E-state index in [1.807, 2.05) is 13.8 Å². The molecule has 0 spiro atoms. The first kappa shape index (κ1) is 12.5. The highest BCUT2D eigenvalue weighted by atomic mass is 19.4. The van der Waals surface area contributed by atoms with Gasteiger partial charge in [0.1, 0.15) is 5.82 Å². The minimum atomic E-state index is -4.36. The Hall–Kier alpha value is -1.59. The molecule has 6 heteroatoms. The third kappa shape index (κ3) is 2.50. The Kier molecular flexibility index (Phi) is 3.51. The molecule has 2 aromatic rings. The molecule has 3 nitrogen and oxygen atoms in total. The van der Waals surface area contributed by atoms with E-state index in [4.69, 9.17) is 0 Å². The van der Waals surface area contributed by atoms with Gasteiger partial charge >= 0.3 is 6.18 Å². The summed E-state index contributed by atoms with van der Waals surface area (Å²) in [6.07, 6.45) is -3.58. The Balaban J connectivity index is 0.000000606. The molecule has 88 valence electrons. The van der Waals surface area contributed by atoms with Gasteiger partial charge in [-0.2, -0.15) is 13.2 Å². The number of hydrogen-bond donors (Lipinski definition) is 1. The summed E-state index contributed by atoms with van der Waals surface area (Å²) >= 11 is 0. The van der Waals surface area contributed by atoms with Gasteiger partial charge < -0.3 is 4.98 Å². The second-order valence-electron chi connectivity index (χ2n) is 2.92. The van der Waals surface area contributed by atoms with Crippen molar-refractivity contribution in [2.45, 2.75) is 26.9 Å². The molecular weight excluding hydrogens is 219 g/mol. The Labute approximate surface area is 90.7 Å². The van der Waals surface area contributed by atoms with Crippen LogP contribution in [0.1, 0.15) is 25.2 Å². The molecule has 0 aromatic carbocycles. The highest BCUT2D eigenvalue weighted by Gasteiger charge is 2.31. The van der Waals surface area contributed by atoms with Crippen LogP contribution in [0.2, 0.25) is 0 Å². The van der Waals surface area contributed by atoms with Gasteiger partial charge in [0.2, 0.25) is 0 Å². The minimum Gasteiger partial charge on any atom is -0.341 e. The maximum absolute atomic E-state index is 12.2. The SMILES string of the molecule is CC.Cc1nc2ncc(C(F)(F)F)cc2[nH]1. The number of imidazole rings is 1. The summed E-state index contributed by atoms with van der Waals surface area (Å²) in [5, 5.41) is 0. The van der Waals surface area contributed by atoms with Crippen molar-refractivity contribution in [1.82, 2.24) is 15.0 Å². The van der Waals surface area contributed by atoms with Crippen LogP contribution in [0.3, 0.4) is 0 Å². The molecule has 16 heavy (non-hydrogen) atoms. The van der Waals surface area contributed by atoms with Crippen molar-refractivity contribution in [3.63, 3.8) is 0 Å². The second kappa shape index (κ2) is 4.51. The lowest BCUT2D eigenvalue weighted by molar-refractivity contribution is -0.137. The summed E-state index contributed by atoms with van der Waals surface area (Å²) in [7, 11) is 0. The highest BCUT2D eigenvalue weighted by Crippen LogP contribution is 2.29. The standard InChI is InChI=1S/C8H6F3N3.C2H6/c1-4-13-6-2-5(8(9,10)11)3-12-7(6)14-4;1-2/h2-3H,1H3,(H,12,13,14);1-2H3. The topological polar surface area (TPSA) is 41.6 Å². The lowest BCUT2D eigenvalue weighted by Gasteiger charge is -2.04. The Morgan fingerprint density at radius 1 is 1.25 bits per heavy atom. The summed E-state index contributed by atoms with van der Waals surface area (Å²) in [5.41, 5.74) is -0.165. The fraction of sp³-hybridized carbons (Fsp3) is 0.400. The average molecular weight is 231 g/mol.